The smallest absolute Gasteiger partial charge is 0.127 e. The molecule has 0 saturated carbocycles. The third kappa shape index (κ3) is 3.55. The Labute approximate surface area is 159 Å². The number of hydrogen-bond acceptors (Lipinski definition) is 5. The van der Waals surface area contributed by atoms with Gasteiger partial charge in [-0.25, -0.2) is 4.98 Å². The molecule has 4 rings (SSSR count). The zero-order valence-corrected chi connectivity index (χ0v) is 16.2. The second-order valence-corrected chi connectivity index (χ2v) is 9.23. The number of halogens is 2. The van der Waals surface area contributed by atoms with E-state index in [2.05, 4.69) is 28.4 Å². The third-order valence-electron chi connectivity index (χ3n) is 4.23. The third-order valence-corrected chi connectivity index (χ3v) is 6.79. The van der Waals surface area contributed by atoms with E-state index >= 15 is 0 Å². The van der Waals surface area contributed by atoms with E-state index in [1.54, 1.807) is 11.3 Å². The summed E-state index contributed by atoms with van der Waals surface area (Å²) in [5.74, 6) is 0. The molecular formula is C17H17Cl2N3S2. The van der Waals surface area contributed by atoms with Gasteiger partial charge in [0.05, 0.1) is 14.6 Å². The van der Waals surface area contributed by atoms with Crippen LogP contribution in [-0.4, -0.2) is 36.1 Å². The summed E-state index contributed by atoms with van der Waals surface area (Å²) in [6, 6.07) is 8.25. The molecule has 0 unspecified atom stereocenters. The van der Waals surface area contributed by atoms with Crippen LogP contribution in [0.1, 0.15) is 12.8 Å². The molecule has 1 fully saturated rings. The van der Waals surface area contributed by atoms with E-state index in [1.165, 1.54) is 37.3 Å². The minimum Gasteiger partial charge on any atom is -0.384 e. The lowest BCUT2D eigenvalue weighted by Gasteiger charge is -2.15. The van der Waals surface area contributed by atoms with Gasteiger partial charge in [0.15, 0.2) is 0 Å². The molecule has 0 aliphatic carbocycles. The Kier molecular flexibility index (Phi) is 4.97. The molecule has 1 aromatic carbocycles. The van der Waals surface area contributed by atoms with Crippen molar-refractivity contribution in [3.8, 4) is 10.6 Å². The van der Waals surface area contributed by atoms with Gasteiger partial charge in [-0.3, -0.25) is 0 Å². The second kappa shape index (κ2) is 7.18. The molecule has 24 heavy (non-hydrogen) atoms. The van der Waals surface area contributed by atoms with Crippen molar-refractivity contribution in [1.82, 2.24) is 9.88 Å². The summed E-state index contributed by atoms with van der Waals surface area (Å²) in [5.41, 5.74) is 3.05. The highest BCUT2D eigenvalue weighted by atomic mass is 35.5. The molecule has 1 aliphatic heterocycles. The van der Waals surface area contributed by atoms with Gasteiger partial charge < -0.3 is 10.2 Å². The zero-order valence-electron chi connectivity index (χ0n) is 13.0. The summed E-state index contributed by atoms with van der Waals surface area (Å²) < 4.78 is 2.55. The lowest BCUT2D eigenvalue weighted by Crippen LogP contribution is -2.25. The Morgan fingerprint density at radius 2 is 1.96 bits per heavy atom. The van der Waals surface area contributed by atoms with E-state index in [-0.39, 0.29) is 0 Å². The average molecular weight is 398 g/mol. The lowest BCUT2D eigenvalue weighted by molar-refractivity contribution is 0.352. The molecule has 1 aliphatic rings. The van der Waals surface area contributed by atoms with Gasteiger partial charge in [0.1, 0.15) is 9.34 Å². The Morgan fingerprint density at radius 3 is 2.71 bits per heavy atom. The number of hydrogen-bond donors (Lipinski definition) is 1. The molecule has 3 heterocycles. The fourth-order valence-electron chi connectivity index (χ4n) is 3.00. The van der Waals surface area contributed by atoms with E-state index < -0.39 is 0 Å². The Hall–Kier alpha value is -0.850. The summed E-state index contributed by atoms with van der Waals surface area (Å²) in [7, 11) is 0. The first-order valence-electron chi connectivity index (χ1n) is 8.01. The average Bonchev–Trinajstić information content (AvgIpc) is 3.26. The minimum atomic E-state index is 0.693. The van der Waals surface area contributed by atoms with Crippen molar-refractivity contribution in [3.63, 3.8) is 0 Å². The number of nitrogens with one attached hydrogen (secondary N) is 1. The van der Waals surface area contributed by atoms with Crippen molar-refractivity contribution < 1.29 is 0 Å². The molecule has 7 heteroatoms. The fraction of sp³-hybridized carbons (Fsp3) is 0.353. The van der Waals surface area contributed by atoms with Crippen LogP contribution in [-0.2, 0) is 0 Å². The first-order chi connectivity index (χ1) is 11.7. The van der Waals surface area contributed by atoms with E-state index in [0.29, 0.717) is 8.67 Å². The maximum atomic E-state index is 6.25. The first-order valence-corrected chi connectivity index (χ1v) is 10.4. The molecule has 0 radical (unpaired) electrons. The molecule has 1 N–H and O–H groups in total. The Morgan fingerprint density at radius 1 is 1.12 bits per heavy atom. The molecule has 0 amide bonds. The molecule has 3 aromatic rings. The van der Waals surface area contributed by atoms with Crippen molar-refractivity contribution in [1.29, 1.82) is 0 Å². The standard InChI is InChI=1S/C17H17Cl2N3S2/c18-15-10-12(16(19)24-15)17-21-13-9-11(3-4-14(13)23-17)20-5-8-22-6-1-2-7-22/h3-4,9-10,20H,1-2,5-8H2. The number of rotatable bonds is 5. The highest BCUT2D eigenvalue weighted by Gasteiger charge is 2.14. The number of fused-ring (bicyclic) bond motifs is 1. The molecular weight excluding hydrogens is 381 g/mol. The Balaban J connectivity index is 1.49. The van der Waals surface area contributed by atoms with Crippen LogP contribution < -0.4 is 5.32 Å². The summed E-state index contributed by atoms with van der Waals surface area (Å²) in [6.45, 7) is 4.54. The molecule has 0 spiro atoms. The zero-order chi connectivity index (χ0) is 16.5. The van der Waals surface area contributed by atoms with E-state index in [4.69, 9.17) is 28.2 Å². The topological polar surface area (TPSA) is 28.2 Å². The van der Waals surface area contributed by atoms with Gasteiger partial charge in [0.2, 0.25) is 0 Å². The molecule has 1 saturated heterocycles. The summed E-state index contributed by atoms with van der Waals surface area (Å²) >= 11 is 15.3. The maximum Gasteiger partial charge on any atom is 0.127 e. The van der Waals surface area contributed by atoms with Gasteiger partial charge >= 0.3 is 0 Å². The maximum absolute atomic E-state index is 6.25. The molecule has 0 bridgehead atoms. The van der Waals surface area contributed by atoms with Crippen LogP contribution in [0.5, 0.6) is 0 Å². The van der Waals surface area contributed by atoms with Gasteiger partial charge in [-0.05, 0) is 50.2 Å². The molecule has 126 valence electrons. The van der Waals surface area contributed by atoms with Gasteiger partial charge in [0.25, 0.3) is 0 Å². The van der Waals surface area contributed by atoms with Crippen molar-refractivity contribution in [2.24, 2.45) is 0 Å². The van der Waals surface area contributed by atoms with E-state index in [9.17, 15) is 0 Å². The minimum absolute atomic E-state index is 0.693. The predicted molar refractivity (Wildman–Crippen MR) is 107 cm³/mol. The monoisotopic (exact) mass is 397 g/mol. The normalized spacial score (nSPS) is 15.4. The van der Waals surface area contributed by atoms with Crippen molar-refractivity contribution in [2.45, 2.75) is 12.8 Å². The van der Waals surface area contributed by atoms with Crippen molar-refractivity contribution in [2.75, 3.05) is 31.5 Å². The van der Waals surface area contributed by atoms with Crippen LogP contribution in [0.15, 0.2) is 24.3 Å². The van der Waals surface area contributed by atoms with Gasteiger partial charge in [-0.1, -0.05) is 23.2 Å². The van der Waals surface area contributed by atoms with Crippen molar-refractivity contribution >= 4 is 61.8 Å². The number of anilines is 1. The molecule has 0 atom stereocenters. The van der Waals surface area contributed by atoms with Gasteiger partial charge in [-0.2, -0.15) is 0 Å². The van der Waals surface area contributed by atoms with Crippen LogP contribution in [0, 0.1) is 0 Å². The van der Waals surface area contributed by atoms with Crippen molar-refractivity contribution in [3.05, 3.63) is 32.9 Å². The molecule has 3 nitrogen and oxygen atoms in total. The van der Waals surface area contributed by atoms with Crippen LogP contribution >= 0.6 is 45.9 Å². The number of nitrogens with zero attached hydrogens (tertiary/aromatic N) is 2. The van der Waals surface area contributed by atoms with Gasteiger partial charge in [-0.15, -0.1) is 22.7 Å². The quantitative estimate of drug-likeness (QED) is 0.585. The van der Waals surface area contributed by atoms with E-state index in [1.807, 2.05) is 6.07 Å². The van der Waals surface area contributed by atoms with Gasteiger partial charge in [0, 0.05) is 24.3 Å². The number of benzene rings is 1. The number of thiazole rings is 1. The predicted octanol–water partition coefficient (Wildman–Crippen LogP) is 5.84. The second-order valence-electron chi connectivity index (χ2n) is 5.91. The lowest BCUT2D eigenvalue weighted by atomic mass is 10.3. The van der Waals surface area contributed by atoms with Crippen LogP contribution in [0.3, 0.4) is 0 Å². The highest BCUT2D eigenvalue weighted by Crippen LogP contribution is 2.41. The summed E-state index contributed by atoms with van der Waals surface area (Å²) in [6.07, 6.45) is 2.67. The largest absolute Gasteiger partial charge is 0.384 e. The van der Waals surface area contributed by atoms with Crippen LogP contribution in [0.4, 0.5) is 5.69 Å². The highest BCUT2D eigenvalue weighted by molar-refractivity contribution is 7.23. The fourth-order valence-corrected chi connectivity index (χ4v) is 5.56. The molecule has 2 aromatic heterocycles. The number of aromatic nitrogens is 1. The Bertz CT molecular complexity index is 853. The SMILES string of the molecule is Clc1cc(-c2nc3cc(NCCN4CCCC4)ccc3s2)c(Cl)s1. The summed E-state index contributed by atoms with van der Waals surface area (Å²) in [4.78, 5) is 7.24. The number of thiophene rings is 1. The summed E-state index contributed by atoms with van der Waals surface area (Å²) in [5, 5.41) is 4.43. The first kappa shape index (κ1) is 16.6. The van der Waals surface area contributed by atoms with Crippen LogP contribution in [0.2, 0.25) is 8.67 Å². The van der Waals surface area contributed by atoms with Crippen LogP contribution in [0.25, 0.3) is 20.8 Å². The number of likely N-dealkylation sites (tertiary alicyclic amines) is 1. The van der Waals surface area contributed by atoms with E-state index in [0.717, 1.165) is 39.6 Å².